The second-order valence-corrected chi connectivity index (χ2v) is 4.97. The van der Waals surface area contributed by atoms with Crippen LogP contribution in [-0.2, 0) is 0 Å². The van der Waals surface area contributed by atoms with Crippen LogP contribution in [0, 0.1) is 0 Å². The van der Waals surface area contributed by atoms with E-state index in [1.165, 1.54) is 0 Å². The largest absolute Gasteiger partial charge is 0.368 e. The number of rotatable bonds is 5. The van der Waals surface area contributed by atoms with Gasteiger partial charge in [-0.1, -0.05) is 12.1 Å². The van der Waals surface area contributed by atoms with Crippen LogP contribution >= 0.6 is 0 Å². The highest BCUT2D eigenvalue weighted by Gasteiger charge is 2.07. The monoisotopic (exact) mass is 285 g/mol. The first kappa shape index (κ1) is 14.9. The molecule has 6 heteroatoms. The first-order chi connectivity index (χ1) is 10.1. The molecule has 0 spiro atoms. The number of nitrogens with two attached hydrogens (primary N) is 1. The molecule has 0 aliphatic rings. The summed E-state index contributed by atoms with van der Waals surface area (Å²) in [5.41, 5.74) is 7.80. The van der Waals surface area contributed by atoms with Crippen molar-refractivity contribution in [3.63, 3.8) is 0 Å². The lowest BCUT2D eigenvalue weighted by molar-refractivity contribution is 0.0951. The molecule has 0 aliphatic carbocycles. The Labute approximate surface area is 124 Å². The van der Waals surface area contributed by atoms with Gasteiger partial charge in [-0.15, -0.1) is 0 Å². The number of nitrogen functional groups attached to an aromatic ring is 1. The van der Waals surface area contributed by atoms with Crippen molar-refractivity contribution >= 4 is 11.9 Å². The highest BCUT2D eigenvalue weighted by molar-refractivity contribution is 5.95. The van der Waals surface area contributed by atoms with Crippen LogP contribution in [0.1, 0.15) is 10.4 Å². The van der Waals surface area contributed by atoms with E-state index in [1.54, 1.807) is 18.5 Å². The molecule has 0 aliphatic heterocycles. The molecule has 1 aromatic heterocycles. The van der Waals surface area contributed by atoms with Crippen LogP contribution in [0.15, 0.2) is 36.7 Å². The third-order valence-corrected chi connectivity index (χ3v) is 2.97. The predicted molar refractivity (Wildman–Crippen MR) is 82.8 cm³/mol. The Kier molecular flexibility index (Phi) is 4.84. The summed E-state index contributed by atoms with van der Waals surface area (Å²) in [4.78, 5) is 22.0. The minimum Gasteiger partial charge on any atom is -0.368 e. The summed E-state index contributed by atoms with van der Waals surface area (Å²) in [6.07, 6.45) is 3.29. The number of hydrogen-bond donors (Lipinski definition) is 2. The van der Waals surface area contributed by atoms with Gasteiger partial charge in [0.1, 0.15) is 0 Å². The lowest BCUT2D eigenvalue weighted by Gasteiger charge is -2.11. The molecule has 3 N–H and O–H groups in total. The van der Waals surface area contributed by atoms with Crippen molar-refractivity contribution in [3.05, 3.63) is 42.2 Å². The van der Waals surface area contributed by atoms with Gasteiger partial charge in [0.2, 0.25) is 5.95 Å². The maximum absolute atomic E-state index is 12.1. The van der Waals surface area contributed by atoms with E-state index in [0.717, 1.165) is 17.7 Å². The van der Waals surface area contributed by atoms with Crippen molar-refractivity contribution in [1.29, 1.82) is 0 Å². The molecule has 1 aromatic carbocycles. The van der Waals surface area contributed by atoms with E-state index >= 15 is 0 Å². The molecule has 0 fully saturated rings. The Bertz CT molecular complexity index is 610. The molecule has 2 rings (SSSR count). The molecule has 0 radical (unpaired) electrons. The Morgan fingerprint density at radius 2 is 1.95 bits per heavy atom. The minimum absolute atomic E-state index is 0.0879. The number of hydrogen-bond acceptors (Lipinski definition) is 5. The number of anilines is 1. The average molecular weight is 285 g/mol. The van der Waals surface area contributed by atoms with E-state index in [9.17, 15) is 4.79 Å². The van der Waals surface area contributed by atoms with Crippen molar-refractivity contribution in [1.82, 2.24) is 20.2 Å². The SMILES string of the molecule is CN(C)CCNC(=O)c1cccc(-c2cnc(N)nc2)c1. The number of likely N-dealkylation sites (N-methyl/N-ethyl adjacent to an activating group) is 1. The predicted octanol–water partition coefficient (Wildman–Crippen LogP) is 1.02. The topological polar surface area (TPSA) is 84.1 Å². The number of aromatic nitrogens is 2. The van der Waals surface area contributed by atoms with E-state index < -0.39 is 0 Å². The van der Waals surface area contributed by atoms with Gasteiger partial charge in [-0.3, -0.25) is 4.79 Å². The van der Waals surface area contributed by atoms with E-state index in [1.807, 2.05) is 37.2 Å². The van der Waals surface area contributed by atoms with Crippen LogP contribution in [0.3, 0.4) is 0 Å². The van der Waals surface area contributed by atoms with Gasteiger partial charge < -0.3 is 16.0 Å². The number of carbonyl (C=O) groups is 1. The van der Waals surface area contributed by atoms with E-state index in [-0.39, 0.29) is 11.9 Å². The highest BCUT2D eigenvalue weighted by atomic mass is 16.1. The highest BCUT2D eigenvalue weighted by Crippen LogP contribution is 2.19. The van der Waals surface area contributed by atoms with Gasteiger partial charge in [0.05, 0.1) is 0 Å². The number of amides is 1. The summed E-state index contributed by atoms with van der Waals surface area (Å²) in [5, 5.41) is 2.89. The molecule has 110 valence electrons. The average Bonchev–Trinajstić information content (AvgIpc) is 2.47. The second kappa shape index (κ2) is 6.81. The number of carbonyl (C=O) groups excluding carboxylic acids is 1. The lowest BCUT2D eigenvalue weighted by Crippen LogP contribution is -2.31. The zero-order chi connectivity index (χ0) is 15.2. The zero-order valence-electron chi connectivity index (χ0n) is 12.2. The molecule has 1 heterocycles. The number of nitrogens with zero attached hydrogens (tertiary/aromatic N) is 3. The quantitative estimate of drug-likeness (QED) is 0.856. The van der Waals surface area contributed by atoms with Crippen molar-refractivity contribution in [2.75, 3.05) is 32.9 Å². The molecular formula is C15H19N5O. The van der Waals surface area contributed by atoms with Gasteiger partial charge >= 0.3 is 0 Å². The summed E-state index contributed by atoms with van der Waals surface area (Å²) in [7, 11) is 3.93. The first-order valence-corrected chi connectivity index (χ1v) is 6.67. The molecule has 1 amide bonds. The van der Waals surface area contributed by atoms with Crippen LogP contribution in [0.5, 0.6) is 0 Å². The minimum atomic E-state index is -0.0879. The van der Waals surface area contributed by atoms with Gasteiger partial charge in [-0.25, -0.2) is 9.97 Å². The fourth-order valence-corrected chi connectivity index (χ4v) is 1.82. The van der Waals surface area contributed by atoms with Gasteiger partial charge in [0, 0.05) is 36.6 Å². The molecule has 0 saturated heterocycles. The fraction of sp³-hybridized carbons (Fsp3) is 0.267. The molecule has 0 bridgehead atoms. The lowest BCUT2D eigenvalue weighted by atomic mass is 10.1. The molecule has 0 atom stereocenters. The Balaban J connectivity index is 2.10. The summed E-state index contributed by atoms with van der Waals surface area (Å²) >= 11 is 0. The smallest absolute Gasteiger partial charge is 0.251 e. The van der Waals surface area contributed by atoms with Gasteiger partial charge in [0.15, 0.2) is 0 Å². The summed E-state index contributed by atoms with van der Waals surface area (Å²) < 4.78 is 0. The van der Waals surface area contributed by atoms with E-state index in [4.69, 9.17) is 5.73 Å². The summed E-state index contributed by atoms with van der Waals surface area (Å²) in [6, 6.07) is 7.35. The molecule has 0 saturated carbocycles. The van der Waals surface area contributed by atoms with Crippen LogP contribution in [0.25, 0.3) is 11.1 Å². The van der Waals surface area contributed by atoms with E-state index in [2.05, 4.69) is 15.3 Å². The van der Waals surface area contributed by atoms with Gasteiger partial charge in [0.25, 0.3) is 5.91 Å². The third kappa shape index (κ3) is 4.25. The number of nitrogens with one attached hydrogen (secondary N) is 1. The Morgan fingerprint density at radius 3 is 2.62 bits per heavy atom. The fourth-order valence-electron chi connectivity index (χ4n) is 1.82. The van der Waals surface area contributed by atoms with E-state index in [0.29, 0.717) is 12.1 Å². The van der Waals surface area contributed by atoms with Crippen LogP contribution in [0.2, 0.25) is 0 Å². The maximum atomic E-state index is 12.1. The normalized spacial score (nSPS) is 10.6. The van der Waals surface area contributed by atoms with Gasteiger partial charge in [-0.05, 0) is 31.8 Å². The van der Waals surface area contributed by atoms with Crippen LogP contribution in [0.4, 0.5) is 5.95 Å². The maximum Gasteiger partial charge on any atom is 0.251 e. The summed E-state index contributed by atoms with van der Waals surface area (Å²) in [5.74, 6) is 0.145. The molecule has 21 heavy (non-hydrogen) atoms. The molecular weight excluding hydrogens is 266 g/mol. The van der Waals surface area contributed by atoms with Crippen molar-refractivity contribution in [2.45, 2.75) is 0 Å². The molecule has 0 unspecified atom stereocenters. The van der Waals surface area contributed by atoms with Gasteiger partial charge in [-0.2, -0.15) is 0 Å². The number of benzene rings is 1. The third-order valence-electron chi connectivity index (χ3n) is 2.97. The standard InChI is InChI=1S/C15H19N5O/c1-20(2)7-6-17-14(21)12-5-3-4-11(8-12)13-9-18-15(16)19-10-13/h3-5,8-10H,6-7H2,1-2H3,(H,17,21)(H2,16,18,19). The molecule has 2 aromatic rings. The van der Waals surface area contributed by atoms with Crippen LogP contribution in [-0.4, -0.2) is 48.0 Å². The Morgan fingerprint density at radius 1 is 1.24 bits per heavy atom. The van der Waals surface area contributed by atoms with Crippen molar-refractivity contribution < 1.29 is 4.79 Å². The van der Waals surface area contributed by atoms with Crippen molar-refractivity contribution in [2.24, 2.45) is 0 Å². The summed E-state index contributed by atoms with van der Waals surface area (Å²) in [6.45, 7) is 1.41. The second-order valence-electron chi connectivity index (χ2n) is 4.97. The first-order valence-electron chi connectivity index (χ1n) is 6.67. The molecule has 6 nitrogen and oxygen atoms in total. The Hall–Kier alpha value is -2.47. The van der Waals surface area contributed by atoms with Crippen molar-refractivity contribution in [3.8, 4) is 11.1 Å². The van der Waals surface area contributed by atoms with Crippen LogP contribution < -0.4 is 11.1 Å². The zero-order valence-corrected chi connectivity index (χ0v) is 12.2.